The van der Waals surface area contributed by atoms with E-state index in [1.807, 2.05) is 0 Å². The first-order valence-corrected chi connectivity index (χ1v) is 4.57. The van der Waals surface area contributed by atoms with E-state index in [1.165, 1.54) is 0 Å². The molecule has 0 rings (SSSR count). The van der Waals surface area contributed by atoms with Crippen LogP contribution in [0.4, 0.5) is 0 Å². The molecule has 0 aliphatic rings. The molecule has 0 aromatic rings. The molecule has 1 unspecified atom stereocenters. The van der Waals surface area contributed by atoms with Gasteiger partial charge in [-0.25, -0.2) is 0 Å². The largest absolute Gasteiger partial charge is 0.328 e. The zero-order valence-corrected chi connectivity index (χ0v) is 8.30. The van der Waals surface area contributed by atoms with Gasteiger partial charge >= 0.3 is 0 Å². The Morgan fingerprint density at radius 1 is 1.27 bits per heavy atom. The minimum absolute atomic E-state index is 0.336. The monoisotopic (exact) mass is 158 g/mol. The van der Waals surface area contributed by atoms with Crippen LogP contribution in [-0.4, -0.2) is 30.1 Å². The minimum Gasteiger partial charge on any atom is -0.328 e. The van der Waals surface area contributed by atoms with Crippen LogP contribution in [0.1, 0.15) is 34.1 Å². The van der Waals surface area contributed by atoms with Crippen molar-refractivity contribution >= 4 is 0 Å². The van der Waals surface area contributed by atoms with Gasteiger partial charge in [-0.3, -0.25) is 0 Å². The van der Waals surface area contributed by atoms with Crippen molar-refractivity contribution < 1.29 is 0 Å². The van der Waals surface area contributed by atoms with E-state index in [0.29, 0.717) is 12.1 Å². The molecule has 2 nitrogen and oxygen atoms in total. The van der Waals surface area contributed by atoms with Gasteiger partial charge in [-0.2, -0.15) is 0 Å². The predicted octanol–water partition coefficient (Wildman–Crippen LogP) is 1.45. The van der Waals surface area contributed by atoms with Gasteiger partial charge in [-0.05, 0) is 40.3 Å². The van der Waals surface area contributed by atoms with Crippen LogP contribution in [-0.2, 0) is 0 Å². The Bertz CT molecular complexity index is 89.6. The summed E-state index contributed by atoms with van der Waals surface area (Å²) in [5.74, 6) is 0. The molecule has 0 aromatic carbocycles. The summed E-state index contributed by atoms with van der Waals surface area (Å²) in [5.41, 5.74) is 5.67. The standard InChI is InChI=1S/C9H22N2/c1-5-11(8(2)3)7-6-9(4)10/h8-9H,5-7,10H2,1-4H3. The van der Waals surface area contributed by atoms with E-state index in [-0.39, 0.29) is 0 Å². The molecule has 1 atom stereocenters. The molecule has 0 spiro atoms. The third-order valence-electron chi connectivity index (χ3n) is 2.01. The molecule has 0 saturated carbocycles. The molecule has 0 heterocycles. The first-order chi connectivity index (χ1) is 5.07. The predicted molar refractivity (Wildman–Crippen MR) is 50.6 cm³/mol. The smallest absolute Gasteiger partial charge is 0.00384 e. The van der Waals surface area contributed by atoms with Crippen LogP contribution < -0.4 is 5.73 Å². The minimum atomic E-state index is 0.336. The second kappa shape index (κ2) is 5.56. The van der Waals surface area contributed by atoms with Crippen molar-refractivity contribution in [3.63, 3.8) is 0 Å². The van der Waals surface area contributed by atoms with Gasteiger partial charge in [0.15, 0.2) is 0 Å². The van der Waals surface area contributed by atoms with Crippen molar-refractivity contribution in [3.05, 3.63) is 0 Å². The summed E-state index contributed by atoms with van der Waals surface area (Å²) >= 11 is 0. The molecule has 0 aromatic heterocycles. The Kier molecular flexibility index (Phi) is 5.51. The Hall–Kier alpha value is -0.0800. The van der Waals surface area contributed by atoms with Gasteiger partial charge in [-0.15, -0.1) is 0 Å². The fraction of sp³-hybridized carbons (Fsp3) is 1.00. The van der Waals surface area contributed by atoms with Gasteiger partial charge in [0, 0.05) is 12.1 Å². The average molecular weight is 158 g/mol. The molecular formula is C9H22N2. The van der Waals surface area contributed by atoms with E-state index < -0.39 is 0 Å². The second-order valence-corrected chi connectivity index (χ2v) is 3.49. The van der Waals surface area contributed by atoms with Crippen molar-refractivity contribution in [2.45, 2.75) is 46.2 Å². The lowest BCUT2D eigenvalue weighted by atomic mass is 10.2. The maximum Gasteiger partial charge on any atom is 0.00384 e. The molecular weight excluding hydrogens is 136 g/mol. The molecule has 0 amide bonds. The SMILES string of the molecule is CCN(CCC(C)N)C(C)C. The van der Waals surface area contributed by atoms with E-state index in [1.54, 1.807) is 0 Å². The zero-order valence-electron chi connectivity index (χ0n) is 8.30. The summed E-state index contributed by atoms with van der Waals surface area (Å²) in [5, 5.41) is 0. The highest BCUT2D eigenvalue weighted by molar-refractivity contribution is 4.63. The summed E-state index contributed by atoms with van der Waals surface area (Å²) < 4.78 is 0. The van der Waals surface area contributed by atoms with Crippen LogP contribution in [0, 0.1) is 0 Å². The highest BCUT2D eigenvalue weighted by Gasteiger charge is 2.06. The molecule has 0 bridgehead atoms. The van der Waals surface area contributed by atoms with E-state index in [4.69, 9.17) is 5.73 Å². The van der Waals surface area contributed by atoms with Crippen molar-refractivity contribution in [1.82, 2.24) is 4.90 Å². The van der Waals surface area contributed by atoms with E-state index in [9.17, 15) is 0 Å². The van der Waals surface area contributed by atoms with E-state index >= 15 is 0 Å². The van der Waals surface area contributed by atoms with Crippen molar-refractivity contribution in [1.29, 1.82) is 0 Å². The molecule has 0 fully saturated rings. The summed E-state index contributed by atoms with van der Waals surface area (Å²) in [6.07, 6.45) is 1.10. The molecule has 0 radical (unpaired) electrons. The Morgan fingerprint density at radius 2 is 1.82 bits per heavy atom. The highest BCUT2D eigenvalue weighted by atomic mass is 15.1. The van der Waals surface area contributed by atoms with Gasteiger partial charge in [-0.1, -0.05) is 6.92 Å². The summed E-state index contributed by atoms with van der Waals surface area (Å²) in [6, 6.07) is 0.988. The van der Waals surface area contributed by atoms with Crippen molar-refractivity contribution in [3.8, 4) is 0 Å². The van der Waals surface area contributed by atoms with Gasteiger partial charge in [0.1, 0.15) is 0 Å². The molecule has 2 N–H and O–H groups in total. The lowest BCUT2D eigenvalue weighted by molar-refractivity contribution is 0.226. The number of rotatable bonds is 5. The molecule has 68 valence electrons. The fourth-order valence-electron chi connectivity index (χ4n) is 1.15. The quantitative estimate of drug-likeness (QED) is 0.656. The van der Waals surface area contributed by atoms with Crippen LogP contribution in [0.15, 0.2) is 0 Å². The van der Waals surface area contributed by atoms with Crippen molar-refractivity contribution in [2.75, 3.05) is 13.1 Å². The van der Waals surface area contributed by atoms with Gasteiger partial charge in [0.2, 0.25) is 0 Å². The number of nitrogens with two attached hydrogens (primary N) is 1. The summed E-state index contributed by atoms with van der Waals surface area (Å²) in [4.78, 5) is 2.43. The van der Waals surface area contributed by atoms with E-state index in [2.05, 4.69) is 32.6 Å². The fourth-order valence-corrected chi connectivity index (χ4v) is 1.15. The topological polar surface area (TPSA) is 29.3 Å². The van der Waals surface area contributed by atoms with Crippen LogP contribution in [0.5, 0.6) is 0 Å². The highest BCUT2D eigenvalue weighted by Crippen LogP contribution is 1.99. The first kappa shape index (κ1) is 10.9. The Balaban J connectivity index is 3.52. The normalized spacial score (nSPS) is 14.5. The van der Waals surface area contributed by atoms with Crippen LogP contribution in [0.3, 0.4) is 0 Å². The Labute approximate surface area is 70.8 Å². The van der Waals surface area contributed by atoms with E-state index in [0.717, 1.165) is 19.5 Å². The zero-order chi connectivity index (χ0) is 8.85. The maximum atomic E-state index is 5.67. The summed E-state index contributed by atoms with van der Waals surface area (Å²) in [7, 11) is 0. The number of nitrogens with zero attached hydrogens (tertiary/aromatic N) is 1. The molecule has 11 heavy (non-hydrogen) atoms. The second-order valence-electron chi connectivity index (χ2n) is 3.49. The van der Waals surface area contributed by atoms with Crippen LogP contribution in [0.2, 0.25) is 0 Å². The van der Waals surface area contributed by atoms with Gasteiger partial charge < -0.3 is 10.6 Å². The lowest BCUT2D eigenvalue weighted by Crippen LogP contribution is -2.34. The first-order valence-electron chi connectivity index (χ1n) is 4.57. The summed E-state index contributed by atoms with van der Waals surface area (Å²) in [6.45, 7) is 11.0. The van der Waals surface area contributed by atoms with Crippen LogP contribution in [0.25, 0.3) is 0 Å². The Morgan fingerprint density at radius 3 is 2.09 bits per heavy atom. The molecule has 0 saturated heterocycles. The third kappa shape index (κ3) is 5.22. The van der Waals surface area contributed by atoms with Crippen LogP contribution >= 0.6 is 0 Å². The number of hydrogen-bond acceptors (Lipinski definition) is 2. The van der Waals surface area contributed by atoms with Gasteiger partial charge in [0.05, 0.1) is 0 Å². The van der Waals surface area contributed by atoms with Gasteiger partial charge in [0.25, 0.3) is 0 Å². The molecule has 2 heteroatoms. The lowest BCUT2D eigenvalue weighted by Gasteiger charge is -2.25. The third-order valence-corrected chi connectivity index (χ3v) is 2.01. The number of hydrogen-bond donors (Lipinski definition) is 1. The van der Waals surface area contributed by atoms with Crippen molar-refractivity contribution in [2.24, 2.45) is 5.73 Å². The molecule has 0 aliphatic heterocycles. The maximum absolute atomic E-state index is 5.67. The average Bonchev–Trinajstić information content (AvgIpc) is 1.87. The molecule has 0 aliphatic carbocycles.